The summed E-state index contributed by atoms with van der Waals surface area (Å²) in [5, 5.41) is 2.68. The van der Waals surface area contributed by atoms with Crippen LogP contribution in [0.4, 0.5) is 0 Å². The van der Waals surface area contributed by atoms with E-state index in [-0.39, 0.29) is 12.4 Å². The Morgan fingerprint density at radius 1 is 1.53 bits per heavy atom. The fourth-order valence-corrected chi connectivity index (χ4v) is 1.89. The van der Waals surface area contributed by atoms with Crippen molar-refractivity contribution in [3.8, 4) is 0 Å². The third kappa shape index (κ3) is 4.06. The number of nitrogens with one attached hydrogen (secondary N) is 1. The van der Waals surface area contributed by atoms with Crippen LogP contribution in [0.5, 0.6) is 0 Å². The highest BCUT2D eigenvalue weighted by molar-refractivity contribution is 7.99. The molecule has 0 fully saturated rings. The zero-order chi connectivity index (χ0) is 12.8. The molecule has 94 valence electrons. The summed E-state index contributed by atoms with van der Waals surface area (Å²) in [7, 11) is 1.57. The maximum absolute atomic E-state index is 11.1. The first-order chi connectivity index (χ1) is 8.04. The number of hydrogen-bond donors (Lipinski definition) is 1. The minimum absolute atomic E-state index is 0.230. The highest BCUT2D eigenvalue weighted by atomic mass is 32.2. The molecule has 0 saturated heterocycles. The van der Waals surface area contributed by atoms with Gasteiger partial charge in [-0.25, -0.2) is 0 Å². The summed E-state index contributed by atoms with van der Waals surface area (Å²) in [6.45, 7) is 2.08. The van der Waals surface area contributed by atoms with Crippen LogP contribution in [0.1, 0.15) is 13.3 Å². The van der Waals surface area contributed by atoms with E-state index in [4.69, 9.17) is 4.74 Å². The van der Waals surface area contributed by atoms with Crippen LogP contribution >= 0.6 is 11.8 Å². The van der Waals surface area contributed by atoms with Gasteiger partial charge in [-0.3, -0.25) is 24.2 Å². The highest BCUT2D eigenvalue weighted by Gasteiger charge is 2.06. The van der Waals surface area contributed by atoms with E-state index in [0.717, 1.165) is 0 Å². The average Bonchev–Trinajstić information content (AvgIpc) is 2.26. The Kier molecular flexibility index (Phi) is 4.95. The number of rotatable bonds is 5. The number of aromatic nitrogens is 3. The molecule has 0 radical (unpaired) electrons. The standard InChI is InChI=1S/C9H13N3O4S/c1-3-16-6(13)4-5-17-9-10-7(14)8(15)11-12(9)2/h3-5H2,1-2H3,(H,11,15). The molecule has 7 nitrogen and oxygen atoms in total. The Balaban J connectivity index is 2.58. The molecule has 17 heavy (non-hydrogen) atoms. The Hall–Kier alpha value is -1.57. The van der Waals surface area contributed by atoms with Crippen molar-refractivity contribution in [3.63, 3.8) is 0 Å². The van der Waals surface area contributed by atoms with Gasteiger partial charge in [0, 0.05) is 12.8 Å². The van der Waals surface area contributed by atoms with Gasteiger partial charge in [0.05, 0.1) is 13.0 Å². The number of H-pyrrole nitrogens is 1. The third-order valence-corrected chi connectivity index (χ3v) is 2.82. The molecule has 1 heterocycles. The van der Waals surface area contributed by atoms with E-state index >= 15 is 0 Å². The molecule has 0 aromatic carbocycles. The zero-order valence-corrected chi connectivity index (χ0v) is 10.4. The van der Waals surface area contributed by atoms with Crippen LogP contribution in [0, 0.1) is 0 Å². The summed E-state index contributed by atoms with van der Waals surface area (Å²) in [5.41, 5.74) is -1.59. The average molecular weight is 259 g/mol. The van der Waals surface area contributed by atoms with Gasteiger partial charge in [-0.05, 0) is 6.92 Å². The maximum atomic E-state index is 11.1. The third-order valence-electron chi connectivity index (χ3n) is 1.79. The molecule has 8 heteroatoms. The molecular weight excluding hydrogens is 246 g/mol. The molecule has 0 atom stereocenters. The molecule has 1 rings (SSSR count). The summed E-state index contributed by atoms with van der Waals surface area (Å²) < 4.78 is 6.10. The lowest BCUT2D eigenvalue weighted by atomic mass is 10.5. The monoisotopic (exact) mass is 259 g/mol. The predicted octanol–water partition coefficient (Wildman–Crippen LogP) is -0.486. The van der Waals surface area contributed by atoms with E-state index in [1.165, 1.54) is 16.4 Å². The van der Waals surface area contributed by atoms with E-state index < -0.39 is 11.1 Å². The van der Waals surface area contributed by atoms with Gasteiger partial charge in [-0.15, -0.1) is 0 Å². The molecule has 0 amide bonds. The molecule has 0 saturated carbocycles. The van der Waals surface area contributed by atoms with Crippen LogP contribution in [-0.4, -0.2) is 33.1 Å². The Morgan fingerprint density at radius 3 is 2.88 bits per heavy atom. The first-order valence-corrected chi connectivity index (χ1v) is 5.99. The number of hydrogen-bond acceptors (Lipinski definition) is 6. The first kappa shape index (κ1) is 13.5. The summed E-state index contributed by atoms with van der Waals surface area (Å²) >= 11 is 1.20. The van der Waals surface area contributed by atoms with E-state index in [9.17, 15) is 14.4 Å². The lowest BCUT2D eigenvalue weighted by molar-refractivity contribution is -0.142. The van der Waals surface area contributed by atoms with Crippen LogP contribution in [0.15, 0.2) is 14.7 Å². The second kappa shape index (κ2) is 6.24. The van der Waals surface area contributed by atoms with E-state index in [2.05, 4.69) is 10.1 Å². The van der Waals surface area contributed by atoms with E-state index in [0.29, 0.717) is 17.5 Å². The molecule has 1 N–H and O–H groups in total. The minimum Gasteiger partial charge on any atom is -0.466 e. The van der Waals surface area contributed by atoms with Gasteiger partial charge in [-0.2, -0.15) is 4.98 Å². The summed E-state index contributed by atoms with van der Waals surface area (Å²) in [4.78, 5) is 36.6. The minimum atomic E-state index is -0.832. The van der Waals surface area contributed by atoms with Gasteiger partial charge in [0.1, 0.15) is 0 Å². The molecule has 1 aromatic rings. The number of thioether (sulfide) groups is 1. The van der Waals surface area contributed by atoms with Gasteiger partial charge >= 0.3 is 17.1 Å². The van der Waals surface area contributed by atoms with Crippen molar-refractivity contribution in [2.45, 2.75) is 18.5 Å². The fraction of sp³-hybridized carbons (Fsp3) is 0.556. The topological polar surface area (TPSA) is 94.1 Å². The van der Waals surface area contributed by atoms with Gasteiger partial charge in [-0.1, -0.05) is 11.8 Å². The van der Waals surface area contributed by atoms with Crippen LogP contribution in [0.25, 0.3) is 0 Å². The van der Waals surface area contributed by atoms with Crippen molar-refractivity contribution in [1.29, 1.82) is 0 Å². The number of aryl methyl sites for hydroxylation is 1. The molecule has 1 aromatic heterocycles. The number of carbonyl (C=O) groups excluding carboxylic acids is 1. The first-order valence-electron chi connectivity index (χ1n) is 5.00. The van der Waals surface area contributed by atoms with Crippen LogP contribution in [-0.2, 0) is 16.6 Å². The van der Waals surface area contributed by atoms with Gasteiger partial charge in [0.25, 0.3) is 0 Å². The number of nitrogens with zero attached hydrogens (tertiary/aromatic N) is 2. The van der Waals surface area contributed by atoms with E-state index in [1.54, 1.807) is 14.0 Å². The van der Waals surface area contributed by atoms with Crippen molar-refractivity contribution in [2.24, 2.45) is 7.05 Å². The van der Waals surface area contributed by atoms with Gasteiger partial charge in [0.15, 0.2) is 5.16 Å². The largest absolute Gasteiger partial charge is 0.466 e. The van der Waals surface area contributed by atoms with Crippen molar-refractivity contribution in [3.05, 3.63) is 20.7 Å². The number of esters is 1. The molecule has 0 aliphatic carbocycles. The molecule has 0 bridgehead atoms. The van der Waals surface area contributed by atoms with Gasteiger partial charge in [0.2, 0.25) is 0 Å². The van der Waals surface area contributed by atoms with Crippen molar-refractivity contribution >= 4 is 17.7 Å². The normalized spacial score (nSPS) is 10.2. The Morgan fingerprint density at radius 2 is 2.24 bits per heavy atom. The summed E-state index contributed by atoms with van der Waals surface area (Å²) in [6, 6.07) is 0. The SMILES string of the molecule is CCOC(=O)CCSc1nc(=O)c(=O)[nH]n1C. The molecule has 0 unspecified atom stereocenters. The second-order valence-electron chi connectivity index (χ2n) is 3.10. The van der Waals surface area contributed by atoms with Crippen LogP contribution in [0.2, 0.25) is 0 Å². The fourth-order valence-electron chi connectivity index (χ4n) is 1.05. The lowest BCUT2D eigenvalue weighted by Crippen LogP contribution is -2.33. The smallest absolute Gasteiger partial charge is 0.339 e. The van der Waals surface area contributed by atoms with Crippen LogP contribution < -0.4 is 11.1 Å². The molecule has 0 aliphatic rings. The number of carbonyl (C=O) groups is 1. The predicted molar refractivity (Wildman–Crippen MR) is 62.1 cm³/mol. The number of aromatic amines is 1. The molecule has 0 aliphatic heterocycles. The van der Waals surface area contributed by atoms with Gasteiger partial charge < -0.3 is 4.74 Å². The van der Waals surface area contributed by atoms with Crippen LogP contribution in [0.3, 0.4) is 0 Å². The zero-order valence-electron chi connectivity index (χ0n) is 9.56. The van der Waals surface area contributed by atoms with E-state index in [1.807, 2.05) is 0 Å². The van der Waals surface area contributed by atoms with Crippen molar-refractivity contribution in [1.82, 2.24) is 14.8 Å². The lowest BCUT2D eigenvalue weighted by Gasteiger charge is -2.05. The molecule has 0 spiro atoms. The summed E-state index contributed by atoms with van der Waals surface area (Å²) in [6.07, 6.45) is 0.230. The number of ether oxygens (including phenoxy) is 1. The highest BCUT2D eigenvalue weighted by Crippen LogP contribution is 2.12. The maximum Gasteiger partial charge on any atom is 0.339 e. The van der Waals surface area contributed by atoms with Crippen molar-refractivity contribution in [2.75, 3.05) is 12.4 Å². The Labute approximate surface area is 101 Å². The quantitative estimate of drug-likeness (QED) is 0.436. The molecular formula is C9H13N3O4S. The van der Waals surface area contributed by atoms with Crippen molar-refractivity contribution < 1.29 is 9.53 Å². The summed E-state index contributed by atoms with van der Waals surface area (Å²) in [5.74, 6) is 0.139. The second-order valence-corrected chi connectivity index (χ2v) is 4.17. The Bertz CT molecular complexity index is 508.